The Balaban J connectivity index is 2.91. The van der Waals surface area contributed by atoms with Crippen LogP contribution in [0.5, 0.6) is 0 Å². The van der Waals surface area contributed by atoms with Crippen LogP contribution in [-0.4, -0.2) is 36.2 Å². The SMILES string of the molecule is CCOC(=O)C(C)C(C)C(C)N(Cc1ccccc1)C(=O)OCC. The zero-order valence-electron chi connectivity index (χ0n) is 15.3. The van der Waals surface area contributed by atoms with Crippen LogP contribution < -0.4 is 0 Å². The maximum atomic E-state index is 12.4. The van der Waals surface area contributed by atoms with Gasteiger partial charge in [-0.2, -0.15) is 0 Å². The standard InChI is InChI=1S/C19H29NO4/c1-6-23-18(21)15(4)14(3)16(5)20(19(22)24-7-2)13-17-11-9-8-10-12-17/h8-12,14-16H,6-7,13H2,1-5H3. The van der Waals surface area contributed by atoms with E-state index in [1.54, 1.807) is 18.7 Å². The van der Waals surface area contributed by atoms with Crippen LogP contribution in [0.3, 0.4) is 0 Å². The van der Waals surface area contributed by atoms with Crippen LogP contribution in [-0.2, 0) is 20.8 Å². The molecule has 1 aromatic carbocycles. The molecule has 0 spiro atoms. The smallest absolute Gasteiger partial charge is 0.410 e. The van der Waals surface area contributed by atoms with Crippen molar-refractivity contribution in [3.05, 3.63) is 35.9 Å². The van der Waals surface area contributed by atoms with Gasteiger partial charge in [0.15, 0.2) is 0 Å². The highest BCUT2D eigenvalue weighted by atomic mass is 16.6. The van der Waals surface area contributed by atoms with E-state index >= 15 is 0 Å². The molecule has 0 saturated heterocycles. The first-order chi connectivity index (χ1) is 11.4. The molecular weight excluding hydrogens is 306 g/mol. The minimum absolute atomic E-state index is 0.0582. The number of carbonyl (C=O) groups excluding carboxylic acids is 2. The Hall–Kier alpha value is -2.04. The van der Waals surface area contributed by atoms with E-state index in [0.29, 0.717) is 19.8 Å². The van der Waals surface area contributed by atoms with Gasteiger partial charge in [-0.1, -0.05) is 44.2 Å². The first-order valence-electron chi connectivity index (χ1n) is 8.56. The summed E-state index contributed by atoms with van der Waals surface area (Å²) in [5.74, 6) is -0.592. The highest BCUT2D eigenvalue weighted by molar-refractivity contribution is 5.73. The minimum Gasteiger partial charge on any atom is -0.466 e. The van der Waals surface area contributed by atoms with Crippen LogP contribution in [0.4, 0.5) is 4.79 Å². The quantitative estimate of drug-likeness (QED) is 0.677. The van der Waals surface area contributed by atoms with Gasteiger partial charge in [-0.3, -0.25) is 4.79 Å². The normalized spacial score (nSPS) is 14.4. The van der Waals surface area contributed by atoms with E-state index in [0.717, 1.165) is 5.56 Å². The summed E-state index contributed by atoms with van der Waals surface area (Å²) in [6.07, 6.45) is -0.364. The van der Waals surface area contributed by atoms with E-state index < -0.39 is 0 Å². The molecule has 5 heteroatoms. The predicted octanol–water partition coefficient (Wildman–Crippen LogP) is 3.87. The van der Waals surface area contributed by atoms with Gasteiger partial charge in [0, 0.05) is 12.6 Å². The van der Waals surface area contributed by atoms with Gasteiger partial charge in [0.25, 0.3) is 0 Å². The minimum atomic E-state index is -0.364. The number of esters is 1. The molecule has 1 aromatic rings. The first-order valence-corrected chi connectivity index (χ1v) is 8.56. The van der Waals surface area contributed by atoms with Crippen molar-refractivity contribution in [3.63, 3.8) is 0 Å². The summed E-state index contributed by atoms with van der Waals surface area (Å²) in [6.45, 7) is 10.4. The monoisotopic (exact) mass is 335 g/mol. The molecule has 0 bridgehead atoms. The van der Waals surface area contributed by atoms with Crippen LogP contribution >= 0.6 is 0 Å². The fourth-order valence-corrected chi connectivity index (χ4v) is 2.55. The Morgan fingerprint density at radius 3 is 2.12 bits per heavy atom. The van der Waals surface area contributed by atoms with Crippen molar-refractivity contribution in [2.45, 2.75) is 47.2 Å². The average molecular weight is 335 g/mol. The maximum Gasteiger partial charge on any atom is 0.410 e. The third-order valence-electron chi connectivity index (χ3n) is 4.40. The summed E-state index contributed by atoms with van der Waals surface area (Å²) in [7, 11) is 0. The number of ether oxygens (including phenoxy) is 2. The van der Waals surface area contributed by atoms with Gasteiger partial charge in [0.2, 0.25) is 0 Å². The zero-order chi connectivity index (χ0) is 18.1. The molecule has 0 aromatic heterocycles. The molecule has 0 aliphatic heterocycles. The molecule has 134 valence electrons. The number of rotatable bonds is 8. The number of hydrogen-bond donors (Lipinski definition) is 0. The maximum absolute atomic E-state index is 12.4. The van der Waals surface area contributed by atoms with E-state index in [1.165, 1.54) is 0 Å². The molecule has 1 amide bonds. The lowest BCUT2D eigenvalue weighted by molar-refractivity contribution is -0.149. The Morgan fingerprint density at radius 1 is 1.00 bits per heavy atom. The third kappa shape index (κ3) is 5.55. The fraction of sp³-hybridized carbons (Fsp3) is 0.579. The third-order valence-corrected chi connectivity index (χ3v) is 4.40. The molecule has 0 N–H and O–H groups in total. The number of amides is 1. The van der Waals surface area contributed by atoms with Crippen molar-refractivity contribution < 1.29 is 19.1 Å². The van der Waals surface area contributed by atoms with Gasteiger partial charge in [0.1, 0.15) is 0 Å². The molecule has 3 unspecified atom stereocenters. The van der Waals surface area contributed by atoms with Crippen LogP contribution in [0, 0.1) is 11.8 Å². The summed E-state index contributed by atoms with van der Waals surface area (Å²) < 4.78 is 10.3. The number of benzene rings is 1. The summed E-state index contributed by atoms with van der Waals surface area (Å²) in [5.41, 5.74) is 1.02. The van der Waals surface area contributed by atoms with Crippen LogP contribution in [0.2, 0.25) is 0 Å². The predicted molar refractivity (Wildman–Crippen MR) is 93.4 cm³/mol. The highest BCUT2D eigenvalue weighted by Crippen LogP contribution is 2.23. The summed E-state index contributed by atoms with van der Waals surface area (Å²) >= 11 is 0. The van der Waals surface area contributed by atoms with E-state index in [4.69, 9.17) is 9.47 Å². The molecule has 0 heterocycles. The van der Waals surface area contributed by atoms with E-state index in [2.05, 4.69) is 0 Å². The molecule has 0 aliphatic rings. The molecule has 3 atom stereocenters. The van der Waals surface area contributed by atoms with E-state index in [9.17, 15) is 9.59 Å². The Labute approximate surface area is 144 Å². The number of hydrogen-bond acceptors (Lipinski definition) is 4. The molecule has 1 rings (SSSR count). The van der Waals surface area contributed by atoms with Gasteiger partial charge in [-0.15, -0.1) is 0 Å². The van der Waals surface area contributed by atoms with Gasteiger partial charge in [0.05, 0.1) is 19.1 Å². The molecule has 0 radical (unpaired) electrons. The topological polar surface area (TPSA) is 55.8 Å². The van der Waals surface area contributed by atoms with Crippen molar-refractivity contribution in [3.8, 4) is 0 Å². The van der Waals surface area contributed by atoms with Crippen molar-refractivity contribution in [2.24, 2.45) is 11.8 Å². The lowest BCUT2D eigenvalue weighted by atomic mass is 9.88. The Morgan fingerprint density at radius 2 is 1.58 bits per heavy atom. The average Bonchev–Trinajstić information content (AvgIpc) is 2.59. The molecule has 0 saturated carbocycles. The van der Waals surface area contributed by atoms with Crippen LogP contribution in [0.15, 0.2) is 30.3 Å². The number of nitrogens with zero attached hydrogens (tertiary/aromatic N) is 1. The summed E-state index contributed by atoms with van der Waals surface area (Å²) in [6, 6.07) is 9.59. The largest absolute Gasteiger partial charge is 0.466 e. The number of carbonyl (C=O) groups is 2. The van der Waals surface area contributed by atoms with Gasteiger partial charge >= 0.3 is 12.1 Å². The van der Waals surface area contributed by atoms with E-state index in [1.807, 2.05) is 51.1 Å². The first kappa shape index (κ1) is 20.0. The second-order valence-corrected chi connectivity index (χ2v) is 5.95. The highest BCUT2D eigenvalue weighted by Gasteiger charge is 2.32. The zero-order valence-corrected chi connectivity index (χ0v) is 15.3. The second kappa shape index (κ2) is 9.96. The van der Waals surface area contributed by atoms with Gasteiger partial charge in [-0.05, 0) is 32.3 Å². The van der Waals surface area contributed by atoms with Crippen molar-refractivity contribution >= 4 is 12.1 Å². The fourth-order valence-electron chi connectivity index (χ4n) is 2.55. The Bertz CT molecular complexity index is 517. The Kier molecular flexibility index (Phi) is 8.30. The molecular formula is C19H29NO4. The summed E-state index contributed by atoms with van der Waals surface area (Å²) in [5, 5.41) is 0. The van der Waals surface area contributed by atoms with Crippen molar-refractivity contribution in [2.75, 3.05) is 13.2 Å². The van der Waals surface area contributed by atoms with Crippen LogP contribution in [0.25, 0.3) is 0 Å². The van der Waals surface area contributed by atoms with Crippen LogP contribution in [0.1, 0.15) is 40.2 Å². The lowest BCUT2D eigenvalue weighted by Gasteiger charge is -2.34. The molecule has 5 nitrogen and oxygen atoms in total. The van der Waals surface area contributed by atoms with Gasteiger partial charge in [-0.25, -0.2) is 4.79 Å². The molecule has 24 heavy (non-hydrogen) atoms. The molecule has 0 fully saturated rings. The molecule has 0 aliphatic carbocycles. The van der Waals surface area contributed by atoms with Crippen molar-refractivity contribution in [1.82, 2.24) is 4.90 Å². The van der Waals surface area contributed by atoms with Crippen molar-refractivity contribution in [1.29, 1.82) is 0 Å². The second-order valence-electron chi connectivity index (χ2n) is 5.95. The van der Waals surface area contributed by atoms with E-state index in [-0.39, 0.29) is 29.9 Å². The summed E-state index contributed by atoms with van der Waals surface area (Å²) in [4.78, 5) is 26.1. The van der Waals surface area contributed by atoms with Gasteiger partial charge < -0.3 is 14.4 Å². The lowest BCUT2D eigenvalue weighted by Crippen LogP contribution is -2.44.